The molecule has 3 aromatic rings. The molecule has 0 aliphatic heterocycles. The second kappa shape index (κ2) is 8.31. The first-order chi connectivity index (χ1) is 13.8. The number of hydrogen-bond donors (Lipinski definition) is 1. The number of ether oxygens (including phenoxy) is 2. The highest BCUT2D eigenvalue weighted by Crippen LogP contribution is 2.25. The maximum Gasteiger partial charge on any atom is 0.311 e. The SMILES string of the molecule is COc1ccc(C(C)=O)cc1CC(=O)O[C@H](C)C(=O)c1c(C)[nH]c2ccccc12. The summed E-state index contributed by atoms with van der Waals surface area (Å²) < 4.78 is 10.7. The highest BCUT2D eigenvalue weighted by molar-refractivity contribution is 6.11. The van der Waals surface area contributed by atoms with Crippen LogP contribution in [0.2, 0.25) is 0 Å². The lowest BCUT2D eigenvalue weighted by Gasteiger charge is -2.14. The van der Waals surface area contributed by atoms with Crippen LogP contribution >= 0.6 is 0 Å². The molecule has 1 heterocycles. The number of Topliss-reactive ketones (excluding diaryl/α,β-unsaturated/α-hetero) is 2. The molecule has 0 fully saturated rings. The first-order valence-electron chi connectivity index (χ1n) is 9.30. The van der Waals surface area contributed by atoms with Gasteiger partial charge in [-0.05, 0) is 45.0 Å². The van der Waals surface area contributed by atoms with Crippen molar-refractivity contribution < 1.29 is 23.9 Å². The highest BCUT2D eigenvalue weighted by atomic mass is 16.5. The summed E-state index contributed by atoms with van der Waals surface area (Å²) in [4.78, 5) is 40.2. The Morgan fingerprint density at radius 3 is 2.52 bits per heavy atom. The van der Waals surface area contributed by atoms with Crippen LogP contribution in [0.15, 0.2) is 42.5 Å². The van der Waals surface area contributed by atoms with Gasteiger partial charge in [-0.1, -0.05) is 18.2 Å². The number of fused-ring (bicyclic) bond motifs is 1. The zero-order valence-electron chi connectivity index (χ0n) is 16.9. The molecule has 150 valence electrons. The van der Waals surface area contributed by atoms with Gasteiger partial charge in [-0.2, -0.15) is 0 Å². The monoisotopic (exact) mass is 393 g/mol. The number of rotatable bonds is 7. The quantitative estimate of drug-likeness (QED) is 0.484. The Kier molecular flexibility index (Phi) is 5.82. The lowest BCUT2D eigenvalue weighted by molar-refractivity contribution is -0.145. The van der Waals surface area contributed by atoms with Gasteiger partial charge in [0.2, 0.25) is 5.78 Å². The number of esters is 1. The van der Waals surface area contributed by atoms with Crippen LogP contribution in [0.3, 0.4) is 0 Å². The van der Waals surface area contributed by atoms with Gasteiger partial charge in [0, 0.05) is 33.3 Å². The molecule has 0 spiro atoms. The van der Waals surface area contributed by atoms with Gasteiger partial charge in [0.25, 0.3) is 0 Å². The number of benzene rings is 2. The minimum Gasteiger partial charge on any atom is -0.496 e. The van der Waals surface area contributed by atoms with Crippen molar-refractivity contribution in [3.05, 3.63) is 64.8 Å². The molecule has 0 saturated carbocycles. The molecule has 0 bridgehead atoms. The standard InChI is InChI=1S/C23H23NO5/c1-13-22(18-7-5-6-8-19(18)24-13)23(27)15(3)29-21(26)12-17-11-16(14(2)25)9-10-20(17)28-4/h5-11,15,24H,12H2,1-4H3/t15-/m1/s1. The summed E-state index contributed by atoms with van der Waals surface area (Å²) in [6.45, 7) is 4.83. The van der Waals surface area contributed by atoms with Gasteiger partial charge >= 0.3 is 5.97 Å². The normalized spacial score (nSPS) is 11.9. The number of methoxy groups -OCH3 is 1. The molecule has 0 aliphatic rings. The van der Waals surface area contributed by atoms with E-state index in [4.69, 9.17) is 9.47 Å². The summed E-state index contributed by atoms with van der Waals surface area (Å²) in [6.07, 6.45) is -1.04. The van der Waals surface area contributed by atoms with Crippen LogP contribution in [-0.2, 0) is 16.0 Å². The van der Waals surface area contributed by atoms with Gasteiger partial charge in [0.05, 0.1) is 13.5 Å². The molecule has 0 unspecified atom stereocenters. The number of aryl methyl sites for hydroxylation is 1. The molecule has 2 aromatic carbocycles. The fraction of sp³-hybridized carbons (Fsp3) is 0.261. The van der Waals surface area contributed by atoms with E-state index in [1.165, 1.54) is 14.0 Å². The van der Waals surface area contributed by atoms with E-state index in [-0.39, 0.29) is 18.0 Å². The Bertz CT molecular complexity index is 1100. The van der Waals surface area contributed by atoms with Crippen molar-refractivity contribution in [2.45, 2.75) is 33.3 Å². The second-order valence-corrected chi connectivity index (χ2v) is 6.93. The molecule has 0 aliphatic carbocycles. The lowest BCUT2D eigenvalue weighted by atomic mass is 10.0. The third kappa shape index (κ3) is 4.21. The molecule has 29 heavy (non-hydrogen) atoms. The van der Waals surface area contributed by atoms with Gasteiger partial charge < -0.3 is 14.5 Å². The summed E-state index contributed by atoms with van der Waals surface area (Å²) in [7, 11) is 1.49. The van der Waals surface area contributed by atoms with Crippen molar-refractivity contribution in [3.63, 3.8) is 0 Å². The summed E-state index contributed by atoms with van der Waals surface area (Å²) in [5.74, 6) is -0.459. The molecular formula is C23H23NO5. The number of H-pyrrole nitrogens is 1. The molecule has 0 radical (unpaired) electrons. The molecule has 0 saturated heterocycles. The molecule has 0 amide bonds. The van der Waals surface area contributed by atoms with E-state index in [1.54, 1.807) is 25.1 Å². The van der Waals surface area contributed by atoms with Gasteiger partial charge in [-0.3, -0.25) is 14.4 Å². The number of aromatic nitrogens is 1. The maximum absolute atomic E-state index is 12.9. The van der Waals surface area contributed by atoms with Crippen LogP contribution in [0.25, 0.3) is 10.9 Å². The predicted molar refractivity (Wildman–Crippen MR) is 110 cm³/mol. The fourth-order valence-electron chi connectivity index (χ4n) is 3.38. The van der Waals surface area contributed by atoms with Crippen molar-refractivity contribution in [1.29, 1.82) is 0 Å². The minimum atomic E-state index is -0.942. The smallest absolute Gasteiger partial charge is 0.311 e. The third-order valence-electron chi connectivity index (χ3n) is 4.84. The van der Waals surface area contributed by atoms with Gasteiger partial charge in [0.1, 0.15) is 5.75 Å². The van der Waals surface area contributed by atoms with Gasteiger partial charge in [-0.25, -0.2) is 0 Å². The van der Waals surface area contributed by atoms with E-state index in [9.17, 15) is 14.4 Å². The number of ketones is 2. The van der Waals surface area contributed by atoms with E-state index in [2.05, 4.69) is 4.98 Å². The van der Waals surface area contributed by atoms with Crippen molar-refractivity contribution >= 4 is 28.4 Å². The number of carbonyl (C=O) groups is 3. The first kappa shape index (κ1) is 20.3. The van der Waals surface area contributed by atoms with E-state index in [0.717, 1.165) is 16.6 Å². The second-order valence-electron chi connectivity index (χ2n) is 6.93. The van der Waals surface area contributed by atoms with Crippen LogP contribution in [0, 0.1) is 6.92 Å². The van der Waals surface area contributed by atoms with Crippen LogP contribution in [-0.4, -0.2) is 35.7 Å². The predicted octanol–water partition coefficient (Wildman–Crippen LogP) is 4.04. The van der Waals surface area contributed by atoms with Crippen LogP contribution < -0.4 is 4.74 Å². The fourth-order valence-corrected chi connectivity index (χ4v) is 3.38. The summed E-state index contributed by atoms with van der Waals surface area (Å²) in [5, 5.41) is 0.800. The summed E-state index contributed by atoms with van der Waals surface area (Å²) in [6, 6.07) is 12.4. The van der Waals surface area contributed by atoms with Crippen molar-refractivity contribution in [2.75, 3.05) is 7.11 Å². The Balaban J connectivity index is 1.77. The number of hydrogen-bond acceptors (Lipinski definition) is 5. The van der Waals surface area contributed by atoms with Crippen molar-refractivity contribution in [3.8, 4) is 5.75 Å². The molecule has 6 heteroatoms. The number of nitrogens with one attached hydrogen (secondary N) is 1. The van der Waals surface area contributed by atoms with Crippen LogP contribution in [0.1, 0.15) is 45.8 Å². The Morgan fingerprint density at radius 2 is 1.83 bits per heavy atom. The molecule has 3 rings (SSSR count). The Morgan fingerprint density at radius 1 is 1.10 bits per heavy atom. The van der Waals surface area contributed by atoms with E-state index in [1.807, 2.05) is 31.2 Å². The molecule has 1 aromatic heterocycles. The summed E-state index contributed by atoms with van der Waals surface area (Å²) >= 11 is 0. The summed E-state index contributed by atoms with van der Waals surface area (Å²) in [5.41, 5.74) is 3.13. The van der Waals surface area contributed by atoms with Crippen LogP contribution in [0.5, 0.6) is 5.75 Å². The zero-order chi connectivity index (χ0) is 21.1. The molecule has 1 atom stereocenters. The average Bonchev–Trinajstić information content (AvgIpc) is 3.02. The number of carbonyl (C=O) groups excluding carboxylic acids is 3. The Hall–Kier alpha value is -3.41. The van der Waals surface area contributed by atoms with Crippen molar-refractivity contribution in [2.24, 2.45) is 0 Å². The topological polar surface area (TPSA) is 85.5 Å². The minimum absolute atomic E-state index is 0.102. The molecule has 6 nitrogen and oxygen atoms in total. The third-order valence-corrected chi connectivity index (χ3v) is 4.84. The van der Waals surface area contributed by atoms with E-state index in [0.29, 0.717) is 22.4 Å². The first-order valence-corrected chi connectivity index (χ1v) is 9.30. The van der Waals surface area contributed by atoms with E-state index < -0.39 is 12.1 Å². The lowest BCUT2D eigenvalue weighted by Crippen LogP contribution is -2.25. The van der Waals surface area contributed by atoms with Gasteiger partial charge in [-0.15, -0.1) is 0 Å². The van der Waals surface area contributed by atoms with Crippen molar-refractivity contribution in [1.82, 2.24) is 4.98 Å². The zero-order valence-corrected chi connectivity index (χ0v) is 16.9. The van der Waals surface area contributed by atoms with E-state index >= 15 is 0 Å². The number of aromatic amines is 1. The average molecular weight is 393 g/mol. The number of para-hydroxylation sites is 1. The van der Waals surface area contributed by atoms with Gasteiger partial charge in [0.15, 0.2) is 11.9 Å². The Labute approximate surface area is 168 Å². The maximum atomic E-state index is 12.9. The largest absolute Gasteiger partial charge is 0.496 e. The molecular weight excluding hydrogens is 370 g/mol. The highest BCUT2D eigenvalue weighted by Gasteiger charge is 2.25. The molecule has 1 N–H and O–H groups in total. The van der Waals surface area contributed by atoms with Crippen LogP contribution in [0.4, 0.5) is 0 Å².